The van der Waals surface area contributed by atoms with Gasteiger partial charge in [-0.3, -0.25) is 9.05 Å². The Morgan fingerprint density at radius 3 is 2.65 bits per heavy atom. The number of hydrogen-bond donors (Lipinski definition) is 1. The zero-order chi connectivity index (χ0) is 13.1. The molecule has 0 aromatic rings. The lowest BCUT2D eigenvalue weighted by molar-refractivity contribution is 0.0190. The molecule has 0 aliphatic carbocycles. The summed E-state index contributed by atoms with van der Waals surface area (Å²) in [5.41, 5.74) is 0. The van der Waals surface area contributed by atoms with Crippen LogP contribution >= 0.6 is 7.82 Å². The van der Waals surface area contributed by atoms with E-state index in [0.29, 0.717) is 6.42 Å². The van der Waals surface area contributed by atoms with Crippen LogP contribution < -0.4 is 0 Å². The number of halogens is 1. The first kappa shape index (κ1) is 16.8. The summed E-state index contributed by atoms with van der Waals surface area (Å²) in [6.07, 6.45) is 4.50. The van der Waals surface area contributed by atoms with Gasteiger partial charge in [0.15, 0.2) is 0 Å². The van der Waals surface area contributed by atoms with Gasteiger partial charge in [0.25, 0.3) is 0 Å². The molecule has 1 N–H and O–H groups in total. The van der Waals surface area contributed by atoms with E-state index in [9.17, 15) is 8.96 Å². The van der Waals surface area contributed by atoms with E-state index >= 15 is 0 Å². The van der Waals surface area contributed by atoms with Gasteiger partial charge in [0.05, 0.1) is 6.61 Å². The predicted molar refractivity (Wildman–Crippen MR) is 65.3 cm³/mol. The van der Waals surface area contributed by atoms with Gasteiger partial charge in [-0.15, -0.1) is 6.58 Å². The molecule has 0 bridgehead atoms. The fraction of sp³-hybridized carbons (Fsp3) is 0.818. The third kappa shape index (κ3) is 10.6. The Morgan fingerprint density at radius 1 is 1.41 bits per heavy atom. The fourth-order valence-electron chi connectivity index (χ4n) is 1.28. The molecule has 0 spiro atoms. The van der Waals surface area contributed by atoms with Crippen molar-refractivity contribution in [3.05, 3.63) is 12.7 Å². The third-order valence-electron chi connectivity index (χ3n) is 2.14. The minimum Gasteiger partial charge on any atom is -0.302 e. The van der Waals surface area contributed by atoms with Crippen LogP contribution in [0.3, 0.4) is 0 Å². The molecule has 0 aliphatic heterocycles. The maximum Gasteiger partial charge on any atom is 0.475 e. The van der Waals surface area contributed by atoms with Crippen molar-refractivity contribution in [2.75, 3.05) is 6.61 Å². The van der Waals surface area contributed by atoms with E-state index in [-0.39, 0.29) is 13.0 Å². The second-order valence-electron chi connectivity index (χ2n) is 3.77. The molecule has 0 radical (unpaired) electrons. The molecule has 0 amide bonds. The van der Waals surface area contributed by atoms with Crippen LogP contribution in [-0.2, 0) is 13.6 Å². The average Bonchev–Trinajstić information content (AvgIpc) is 2.25. The Bertz CT molecular complexity index is 248. The van der Waals surface area contributed by atoms with Gasteiger partial charge in [0.1, 0.15) is 0 Å². The van der Waals surface area contributed by atoms with Gasteiger partial charge < -0.3 is 4.89 Å². The number of phosphoric ester groups is 1. The molecule has 102 valence electrons. The Kier molecular flexibility index (Phi) is 9.65. The topological polar surface area (TPSA) is 55.8 Å². The molecule has 0 heterocycles. The predicted octanol–water partition coefficient (Wildman–Crippen LogP) is 3.96. The lowest BCUT2D eigenvalue weighted by Crippen LogP contribution is -2.06. The summed E-state index contributed by atoms with van der Waals surface area (Å²) in [7, 11) is -4.27. The highest BCUT2D eigenvalue weighted by molar-refractivity contribution is 7.47. The summed E-state index contributed by atoms with van der Waals surface area (Å²) in [4.78, 5) is 9.08. The molecule has 0 aromatic carbocycles. The van der Waals surface area contributed by atoms with Crippen molar-refractivity contribution in [3.8, 4) is 0 Å². The third-order valence-corrected chi connectivity index (χ3v) is 3.11. The minimum absolute atomic E-state index is 0.117. The maximum absolute atomic E-state index is 13.2. The lowest BCUT2D eigenvalue weighted by atomic mass is 10.1. The van der Waals surface area contributed by atoms with E-state index in [0.717, 1.165) is 25.7 Å². The van der Waals surface area contributed by atoms with Crippen LogP contribution in [-0.4, -0.2) is 17.9 Å². The summed E-state index contributed by atoms with van der Waals surface area (Å²) >= 11 is 0. The minimum atomic E-state index is -4.27. The highest BCUT2D eigenvalue weighted by Crippen LogP contribution is 2.45. The molecule has 2 atom stereocenters. The van der Waals surface area contributed by atoms with Crippen LogP contribution in [0.25, 0.3) is 0 Å². The molecule has 6 heteroatoms. The molecular formula is C11H22FO4P. The second-order valence-corrected chi connectivity index (χ2v) is 5.18. The van der Waals surface area contributed by atoms with Crippen molar-refractivity contribution in [3.63, 3.8) is 0 Å². The van der Waals surface area contributed by atoms with E-state index in [1.807, 2.05) is 0 Å². The Hall–Kier alpha value is -0.220. The quantitative estimate of drug-likeness (QED) is 0.350. The van der Waals surface area contributed by atoms with Gasteiger partial charge in [-0.1, -0.05) is 38.7 Å². The van der Waals surface area contributed by atoms with E-state index in [4.69, 9.17) is 4.89 Å². The average molecular weight is 268 g/mol. The van der Waals surface area contributed by atoms with Gasteiger partial charge >= 0.3 is 7.82 Å². The van der Waals surface area contributed by atoms with Crippen LogP contribution in [0.4, 0.5) is 4.39 Å². The van der Waals surface area contributed by atoms with Crippen molar-refractivity contribution >= 4 is 7.82 Å². The molecule has 0 fully saturated rings. The van der Waals surface area contributed by atoms with Gasteiger partial charge in [-0.05, 0) is 6.42 Å². The zero-order valence-corrected chi connectivity index (χ0v) is 11.2. The first-order valence-electron chi connectivity index (χ1n) is 5.92. The van der Waals surface area contributed by atoms with Crippen molar-refractivity contribution < 1.29 is 22.9 Å². The fourth-order valence-corrected chi connectivity index (χ4v) is 2.03. The molecule has 2 unspecified atom stereocenters. The normalized spacial score (nSPS) is 16.4. The largest absolute Gasteiger partial charge is 0.475 e. The Labute approximate surface area is 102 Å². The van der Waals surface area contributed by atoms with Crippen LogP contribution in [0.15, 0.2) is 12.7 Å². The van der Waals surface area contributed by atoms with Crippen LogP contribution in [0.1, 0.15) is 45.4 Å². The lowest BCUT2D eigenvalue weighted by Gasteiger charge is -2.14. The van der Waals surface area contributed by atoms with Crippen LogP contribution in [0.2, 0.25) is 0 Å². The summed E-state index contributed by atoms with van der Waals surface area (Å²) < 4.78 is 33.1. The Balaban J connectivity index is 3.65. The molecule has 4 nitrogen and oxygen atoms in total. The molecule has 0 saturated carbocycles. The summed E-state index contributed by atoms with van der Waals surface area (Å²) in [6, 6.07) is 0. The molecular weight excluding hydrogens is 246 g/mol. The molecule has 17 heavy (non-hydrogen) atoms. The van der Waals surface area contributed by atoms with Crippen molar-refractivity contribution in [2.45, 2.75) is 51.8 Å². The second kappa shape index (κ2) is 9.77. The summed E-state index contributed by atoms with van der Waals surface area (Å²) in [5.74, 6) is 0. The van der Waals surface area contributed by atoms with Crippen molar-refractivity contribution in [1.29, 1.82) is 0 Å². The van der Waals surface area contributed by atoms with E-state index in [2.05, 4.69) is 22.6 Å². The SMILES string of the molecule is C=CCOP(=O)(O)OC(F)CCCCCCC. The van der Waals surface area contributed by atoms with Crippen LogP contribution in [0.5, 0.6) is 0 Å². The smallest absolute Gasteiger partial charge is 0.302 e. The van der Waals surface area contributed by atoms with Crippen LogP contribution in [0, 0.1) is 0 Å². The summed E-state index contributed by atoms with van der Waals surface area (Å²) in [6.45, 7) is 5.27. The highest BCUT2D eigenvalue weighted by Gasteiger charge is 2.25. The van der Waals surface area contributed by atoms with E-state index in [1.54, 1.807) is 0 Å². The zero-order valence-electron chi connectivity index (χ0n) is 10.3. The van der Waals surface area contributed by atoms with E-state index in [1.165, 1.54) is 6.08 Å². The molecule has 0 aromatic heterocycles. The summed E-state index contributed by atoms with van der Waals surface area (Å²) in [5, 5.41) is 0. The standard InChI is InChI=1S/C11H22FO4P/c1-3-5-6-7-8-9-11(12)16-17(13,14)15-10-4-2/h4,11H,2-3,5-10H2,1H3,(H,13,14). The maximum atomic E-state index is 13.2. The number of unbranched alkanes of at least 4 members (excludes halogenated alkanes) is 4. The number of hydrogen-bond acceptors (Lipinski definition) is 3. The monoisotopic (exact) mass is 268 g/mol. The molecule has 0 aliphatic rings. The number of phosphoric acid groups is 1. The van der Waals surface area contributed by atoms with Crippen molar-refractivity contribution in [2.24, 2.45) is 0 Å². The van der Waals surface area contributed by atoms with Gasteiger partial charge in [-0.2, -0.15) is 0 Å². The number of rotatable bonds is 11. The van der Waals surface area contributed by atoms with Crippen molar-refractivity contribution in [1.82, 2.24) is 0 Å². The van der Waals surface area contributed by atoms with E-state index < -0.39 is 14.2 Å². The molecule has 0 saturated heterocycles. The first-order chi connectivity index (χ1) is 8.02. The molecule has 0 rings (SSSR count). The van der Waals surface area contributed by atoms with Gasteiger partial charge in [0.2, 0.25) is 6.36 Å². The van der Waals surface area contributed by atoms with Gasteiger partial charge in [0, 0.05) is 6.42 Å². The van der Waals surface area contributed by atoms with Gasteiger partial charge in [-0.25, -0.2) is 8.96 Å². The highest BCUT2D eigenvalue weighted by atomic mass is 31.2. The number of alkyl halides is 1. The first-order valence-corrected chi connectivity index (χ1v) is 7.42. The Morgan fingerprint density at radius 2 is 2.06 bits per heavy atom.